The summed E-state index contributed by atoms with van der Waals surface area (Å²) in [4.78, 5) is 0. The Morgan fingerprint density at radius 2 is 2.14 bits per heavy atom. The maximum atomic E-state index is 2.45. The van der Waals surface area contributed by atoms with E-state index in [1.54, 1.807) is 11.1 Å². The van der Waals surface area contributed by atoms with Gasteiger partial charge >= 0.3 is 0 Å². The van der Waals surface area contributed by atoms with Crippen LogP contribution < -0.4 is 0 Å². The van der Waals surface area contributed by atoms with Gasteiger partial charge in [-0.05, 0) is 50.5 Å². The molecule has 1 atom stereocenters. The third kappa shape index (κ3) is 1.67. The summed E-state index contributed by atoms with van der Waals surface area (Å²) >= 11 is 0. The van der Waals surface area contributed by atoms with Crippen molar-refractivity contribution in [3.8, 4) is 0 Å². The molecule has 0 aromatic heterocycles. The molecule has 0 saturated heterocycles. The van der Waals surface area contributed by atoms with Gasteiger partial charge in [0.05, 0.1) is 0 Å². The van der Waals surface area contributed by atoms with E-state index in [1.807, 2.05) is 0 Å². The number of hydrogen-bond acceptors (Lipinski definition) is 0. The molecule has 0 aromatic carbocycles. The average Bonchev–Trinajstić information content (AvgIpc) is 2.55. The Balaban J connectivity index is 2.13. The maximum absolute atomic E-state index is 2.45. The minimum absolute atomic E-state index is 0.405. The first kappa shape index (κ1) is 10.0. The Morgan fingerprint density at radius 1 is 1.36 bits per heavy atom. The molecule has 0 bridgehead atoms. The van der Waals surface area contributed by atoms with Crippen molar-refractivity contribution in [2.45, 2.75) is 52.4 Å². The summed E-state index contributed by atoms with van der Waals surface area (Å²) in [6.45, 7) is 4.58. The summed E-state index contributed by atoms with van der Waals surface area (Å²) < 4.78 is 0. The van der Waals surface area contributed by atoms with E-state index in [-0.39, 0.29) is 0 Å². The predicted octanol–water partition coefficient (Wildman–Crippen LogP) is 4.44. The van der Waals surface area contributed by atoms with Gasteiger partial charge in [-0.15, -0.1) is 0 Å². The Labute approximate surface area is 88.1 Å². The highest BCUT2D eigenvalue weighted by atomic mass is 14.4. The molecule has 0 heterocycles. The highest BCUT2D eigenvalue weighted by Gasteiger charge is 2.32. The fourth-order valence-corrected chi connectivity index (χ4v) is 2.83. The molecule has 1 radical (unpaired) electrons. The molecule has 77 valence electrons. The zero-order valence-electron chi connectivity index (χ0n) is 9.47. The van der Waals surface area contributed by atoms with E-state index in [4.69, 9.17) is 0 Å². The number of rotatable bonds is 3. The van der Waals surface area contributed by atoms with Crippen molar-refractivity contribution >= 4 is 0 Å². The lowest BCUT2D eigenvalue weighted by molar-refractivity contribution is 0.440. The molecular formula is C14H21. The van der Waals surface area contributed by atoms with Crippen molar-refractivity contribution in [2.75, 3.05) is 0 Å². The van der Waals surface area contributed by atoms with Crippen molar-refractivity contribution in [1.82, 2.24) is 0 Å². The van der Waals surface area contributed by atoms with Gasteiger partial charge in [0.1, 0.15) is 0 Å². The molecule has 0 fully saturated rings. The van der Waals surface area contributed by atoms with Crippen LogP contribution in [-0.4, -0.2) is 0 Å². The van der Waals surface area contributed by atoms with Gasteiger partial charge in [0, 0.05) is 5.41 Å². The van der Waals surface area contributed by atoms with Crippen molar-refractivity contribution in [3.63, 3.8) is 0 Å². The van der Waals surface area contributed by atoms with Gasteiger partial charge in [-0.2, -0.15) is 0 Å². The second-order valence-electron chi connectivity index (χ2n) is 4.91. The molecular weight excluding hydrogens is 168 g/mol. The smallest absolute Gasteiger partial charge is 0.00716 e. The van der Waals surface area contributed by atoms with Crippen LogP contribution in [0.1, 0.15) is 52.4 Å². The first-order chi connectivity index (χ1) is 6.76. The Hall–Kier alpha value is -0.520. The minimum Gasteiger partial charge on any atom is -0.0743 e. The van der Waals surface area contributed by atoms with E-state index < -0.39 is 0 Å². The van der Waals surface area contributed by atoms with Gasteiger partial charge in [0.25, 0.3) is 0 Å². The standard InChI is InChI=1S/C14H21/c1-3-4-10-14(2)11-9-12-7-5-6-8-13(12)14/h3,9,11H,4-8,10H2,1-2H3. The van der Waals surface area contributed by atoms with E-state index in [9.17, 15) is 0 Å². The topological polar surface area (TPSA) is 0 Å². The average molecular weight is 189 g/mol. The SMILES string of the molecule is C[CH]CCC1(C)C=CC2=C1CCCC2. The minimum atomic E-state index is 0.405. The predicted molar refractivity (Wildman–Crippen MR) is 61.9 cm³/mol. The third-order valence-corrected chi connectivity index (χ3v) is 3.80. The lowest BCUT2D eigenvalue weighted by atomic mass is 9.75. The van der Waals surface area contributed by atoms with Gasteiger partial charge in [0.15, 0.2) is 0 Å². The summed E-state index contributed by atoms with van der Waals surface area (Å²) in [5.41, 5.74) is 3.82. The van der Waals surface area contributed by atoms with E-state index in [0.717, 1.165) is 0 Å². The van der Waals surface area contributed by atoms with Crippen LogP contribution in [0, 0.1) is 11.8 Å². The largest absolute Gasteiger partial charge is 0.0743 e. The van der Waals surface area contributed by atoms with Crippen LogP contribution in [-0.2, 0) is 0 Å². The number of allylic oxidation sites excluding steroid dienone is 4. The Morgan fingerprint density at radius 3 is 2.93 bits per heavy atom. The second kappa shape index (κ2) is 3.92. The van der Waals surface area contributed by atoms with Crippen LogP contribution in [0.15, 0.2) is 23.3 Å². The van der Waals surface area contributed by atoms with Gasteiger partial charge < -0.3 is 0 Å². The third-order valence-electron chi connectivity index (χ3n) is 3.80. The molecule has 1 unspecified atom stereocenters. The zero-order chi connectivity index (χ0) is 10.0. The Kier molecular flexibility index (Phi) is 2.80. The molecule has 14 heavy (non-hydrogen) atoms. The first-order valence-corrected chi connectivity index (χ1v) is 5.96. The van der Waals surface area contributed by atoms with Crippen LogP contribution in [0.25, 0.3) is 0 Å². The number of unbranched alkanes of at least 4 members (excludes halogenated alkanes) is 1. The molecule has 0 heteroatoms. The molecule has 2 aliphatic rings. The van der Waals surface area contributed by atoms with Crippen molar-refractivity contribution in [2.24, 2.45) is 5.41 Å². The van der Waals surface area contributed by atoms with Crippen LogP contribution in [0.5, 0.6) is 0 Å². The number of hydrogen-bond donors (Lipinski definition) is 0. The lowest BCUT2D eigenvalue weighted by Crippen LogP contribution is -2.16. The quantitative estimate of drug-likeness (QED) is 0.616. The molecule has 0 aliphatic heterocycles. The van der Waals surface area contributed by atoms with Gasteiger partial charge in [0.2, 0.25) is 0 Å². The highest BCUT2D eigenvalue weighted by Crippen LogP contribution is 2.46. The highest BCUT2D eigenvalue weighted by molar-refractivity contribution is 5.42. The molecule has 2 rings (SSSR count). The molecule has 2 aliphatic carbocycles. The van der Waals surface area contributed by atoms with E-state index in [0.29, 0.717) is 5.41 Å². The molecule has 0 amide bonds. The van der Waals surface area contributed by atoms with Crippen LogP contribution in [0.2, 0.25) is 0 Å². The van der Waals surface area contributed by atoms with Crippen molar-refractivity contribution in [3.05, 3.63) is 29.7 Å². The summed E-state index contributed by atoms with van der Waals surface area (Å²) in [5.74, 6) is 0. The summed E-state index contributed by atoms with van der Waals surface area (Å²) in [6.07, 6.45) is 15.2. The molecule has 0 aromatic rings. The van der Waals surface area contributed by atoms with Gasteiger partial charge in [-0.1, -0.05) is 31.6 Å². The fraction of sp³-hybridized carbons (Fsp3) is 0.643. The summed E-state index contributed by atoms with van der Waals surface area (Å²) in [5, 5.41) is 0. The second-order valence-corrected chi connectivity index (χ2v) is 4.91. The van der Waals surface area contributed by atoms with Crippen molar-refractivity contribution < 1.29 is 0 Å². The molecule has 0 nitrogen and oxygen atoms in total. The summed E-state index contributed by atoms with van der Waals surface area (Å²) in [6, 6.07) is 0. The Bertz CT molecular complexity index is 270. The van der Waals surface area contributed by atoms with Crippen molar-refractivity contribution in [1.29, 1.82) is 0 Å². The molecule has 0 N–H and O–H groups in total. The summed E-state index contributed by atoms with van der Waals surface area (Å²) in [7, 11) is 0. The fourth-order valence-electron chi connectivity index (χ4n) is 2.83. The maximum Gasteiger partial charge on any atom is 0.00716 e. The normalized spacial score (nSPS) is 31.0. The monoisotopic (exact) mass is 189 g/mol. The van der Waals surface area contributed by atoms with E-state index in [1.165, 1.54) is 38.5 Å². The zero-order valence-corrected chi connectivity index (χ0v) is 9.47. The van der Waals surface area contributed by atoms with E-state index >= 15 is 0 Å². The van der Waals surface area contributed by atoms with Gasteiger partial charge in [-0.25, -0.2) is 0 Å². The van der Waals surface area contributed by atoms with E-state index in [2.05, 4.69) is 32.4 Å². The molecule has 0 saturated carbocycles. The lowest BCUT2D eigenvalue weighted by Gasteiger charge is -2.29. The van der Waals surface area contributed by atoms with Crippen LogP contribution in [0.3, 0.4) is 0 Å². The van der Waals surface area contributed by atoms with Crippen LogP contribution in [0.4, 0.5) is 0 Å². The van der Waals surface area contributed by atoms with Gasteiger partial charge in [-0.3, -0.25) is 0 Å². The first-order valence-electron chi connectivity index (χ1n) is 5.96. The van der Waals surface area contributed by atoms with Crippen LogP contribution >= 0.6 is 0 Å². The molecule has 0 spiro atoms.